The minimum atomic E-state index is -4.41. The topological polar surface area (TPSA) is 69.0 Å². The lowest BCUT2D eigenvalue weighted by Crippen LogP contribution is -2.24. The van der Waals surface area contributed by atoms with E-state index in [1.165, 1.54) is 31.0 Å². The van der Waals surface area contributed by atoms with Crippen LogP contribution in [0.25, 0.3) is 5.69 Å². The van der Waals surface area contributed by atoms with Gasteiger partial charge in [-0.1, -0.05) is 11.8 Å². The molecule has 0 bridgehead atoms. The van der Waals surface area contributed by atoms with Crippen LogP contribution in [0.5, 0.6) is 5.75 Å². The van der Waals surface area contributed by atoms with E-state index in [-0.39, 0.29) is 12.5 Å². The number of ether oxygens (including phenoxy) is 1. The Balaban J connectivity index is 1.80. The van der Waals surface area contributed by atoms with Crippen molar-refractivity contribution in [2.24, 2.45) is 0 Å². The molecule has 1 aromatic heterocycles. The Morgan fingerprint density at radius 3 is 2.31 bits per heavy atom. The number of alkyl halides is 3. The molecule has 0 aliphatic carbocycles. The summed E-state index contributed by atoms with van der Waals surface area (Å²) in [6.07, 6.45) is -2.63. The molecule has 0 aliphatic heterocycles. The van der Waals surface area contributed by atoms with Gasteiger partial charge in [-0.15, -0.1) is 10.2 Å². The Morgan fingerprint density at radius 2 is 1.76 bits per heavy atom. The Morgan fingerprint density at radius 1 is 1.10 bits per heavy atom. The first-order valence-electron chi connectivity index (χ1n) is 8.41. The van der Waals surface area contributed by atoms with Crippen molar-refractivity contribution in [3.8, 4) is 11.4 Å². The van der Waals surface area contributed by atoms with Crippen molar-refractivity contribution in [1.82, 2.24) is 20.1 Å². The number of hydrogen-bond acceptors (Lipinski definition) is 5. The van der Waals surface area contributed by atoms with Crippen molar-refractivity contribution < 1.29 is 22.7 Å². The molecule has 0 saturated heterocycles. The van der Waals surface area contributed by atoms with Crippen molar-refractivity contribution in [2.45, 2.75) is 17.9 Å². The van der Waals surface area contributed by atoms with Crippen molar-refractivity contribution in [3.05, 3.63) is 65.5 Å². The minimum absolute atomic E-state index is 0.0550. The second kappa shape index (κ2) is 8.56. The number of aromatic nitrogens is 3. The van der Waals surface area contributed by atoms with Gasteiger partial charge in [0.25, 0.3) is 5.91 Å². The number of carbonyl (C=O) groups excluding carboxylic acids is 1. The summed E-state index contributed by atoms with van der Waals surface area (Å²) in [5, 5.41) is 11.3. The normalized spacial score (nSPS) is 11.3. The van der Waals surface area contributed by atoms with E-state index in [1.807, 2.05) is 0 Å². The molecule has 152 valence electrons. The van der Waals surface area contributed by atoms with Crippen LogP contribution < -0.4 is 10.1 Å². The molecule has 3 rings (SSSR count). The summed E-state index contributed by atoms with van der Waals surface area (Å²) in [6, 6.07) is 11.3. The van der Waals surface area contributed by atoms with E-state index < -0.39 is 11.7 Å². The molecule has 0 aliphatic rings. The summed E-state index contributed by atoms with van der Waals surface area (Å²) in [5.74, 6) is 0.713. The van der Waals surface area contributed by atoms with Gasteiger partial charge in [-0.2, -0.15) is 13.2 Å². The molecule has 0 saturated carbocycles. The van der Waals surface area contributed by atoms with Gasteiger partial charge in [0, 0.05) is 11.3 Å². The van der Waals surface area contributed by atoms with Gasteiger partial charge < -0.3 is 10.1 Å². The first-order chi connectivity index (χ1) is 13.8. The third-order valence-electron chi connectivity index (χ3n) is 4.10. The number of nitrogens with zero attached hydrogens (tertiary/aromatic N) is 3. The molecule has 1 heterocycles. The Hall–Kier alpha value is -3.01. The van der Waals surface area contributed by atoms with Crippen LogP contribution in [0.4, 0.5) is 13.2 Å². The standard InChI is InChI=1S/C19H17F3N4O2S/c1-28-15-9-3-12(4-10-15)17(27)23-11-16-24-25-18(29-2)26(16)14-7-5-13(6-8-14)19(20,21)22/h3-10H,11H2,1-2H3,(H,23,27). The highest BCUT2D eigenvalue weighted by Gasteiger charge is 2.30. The van der Waals surface area contributed by atoms with Gasteiger partial charge in [0.1, 0.15) is 5.75 Å². The fourth-order valence-electron chi connectivity index (χ4n) is 2.61. The number of benzene rings is 2. The maximum absolute atomic E-state index is 12.8. The first-order valence-corrected chi connectivity index (χ1v) is 9.64. The van der Waals surface area contributed by atoms with Crippen LogP contribution in [-0.2, 0) is 12.7 Å². The zero-order valence-corrected chi connectivity index (χ0v) is 16.3. The number of thioether (sulfide) groups is 1. The van der Waals surface area contributed by atoms with Gasteiger partial charge in [-0.3, -0.25) is 9.36 Å². The van der Waals surface area contributed by atoms with Crippen LogP contribution >= 0.6 is 11.8 Å². The van der Waals surface area contributed by atoms with Gasteiger partial charge >= 0.3 is 6.18 Å². The Bertz CT molecular complexity index is 986. The number of halogens is 3. The van der Waals surface area contributed by atoms with Gasteiger partial charge in [0.15, 0.2) is 11.0 Å². The number of methoxy groups -OCH3 is 1. The van der Waals surface area contributed by atoms with Crippen molar-refractivity contribution in [3.63, 3.8) is 0 Å². The zero-order chi connectivity index (χ0) is 21.0. The van der Waals surface area contributed by atoms with Crippen LogP contribution in [-0.4, -0.2) is 34.0 Å². The Labute approximate surface area is 169 Å². The summed E-state index contributed by atoms with van der Waals surface area (Å²) < 4.78 is 45.1. The molecule has 1 amide bonds. The highest BCUT2D eigenvalue weighted by atomic mass is 32.2. The lowest BCUT2D eigenvalue weighted by molar-refractivity contribution is -0.137. The molecule has 0 unspecified atom stereocenters. The van der Waals surface area contributed by atoms with E-state index in [0.29, 0.717) is 28.0 Å². The van der Waals surface area contributed by atoms with Crippen LogP contribution in [0.3, 0.4) is 0 Å². The van der Waals surface area contributed by atoms with Crippen LogP contribution in [0, 0.1) is 0 Å². The van der Waals surface area contributed by atoms with Gasteiger partial charge in [-0.25, -0.2) is 0 Å². The molecule has 3 aromatic rings. The maximum atomic E-state index is 12.8. The van der Waals surface area contributed by atoms with Gasteiger partial charge in [-0.05, 0) is 54.8 Å². The van der Waals surface area contributed by atoms with Crippen LogP contribution in [0.2, 0.25) is 0 Å². The predicted molar refractivity (Wildman–Crippen MR) is 102 cm³/mol. The van der Waals surface area contributed by atoms with Crippen LogP contribution in [0.1, 0.15) is 21.7 Å². The first kappa shape index (κ1) is 20.7. The molecule has 6 nitrogen and oxygen atoms in total. The molecular weight excluding hydrogens is 405 g/mol. The predicted octanol–water partition coefficient (Wildman–Crippen LogP) is 3.95. The average molecular weight is 422 g/mol. The highest BCUT2D eigenvalue weighted by molar-refractivity contribution is 7.98. The van der Waals surface area contributed by atoms with E-state index in [0.717, 1.165) is 12.1 Å². The molecule has 0 fully saturated rings. The summed E-state index contributed by atoms with van der Waals surface area (Å²) in [7, 11) is 1.53. The largest absolute Gasteiger partial charge is 0.497 e. The number of rotatable bonds is 6. The number of hydrogen-bond donors (Lipinski definition) is 1. The second-order valence-corrected chi connectivity index (χ2v) is 6.67. The number of nitrogens with one attached hydrogen (secondary N) is 1. The third-order valence-corrected chi connectivity index (χ3v) is 4.72. The fraction of sp³-hybridized carbons (Fsp3) is 0.211. The molecule has 29 heavy (non-hydrogen) atoms. The summed E-state index contributed by atoms with van der Waals surface area (Å²) in [5.41, 5.74) is 0.173. The van der Waals surface area contributed by atoms with Gasteiger partial charge in [0.05, 0.1) is 19.2 Å². The van der Waals surface area contributed by atoms with Gasteiger partial charge in [0.2, 0.25) is 0 Å². The number of carbonyl (C=O) groups is 1. The quantitative estimate of drug-likeness (QED) is 0.610. The minimum Gasteiger partial charge on any atom is -0.497 e. The lowest BCUT2D eigenvalue weighted by atomic mass is 10.2. The highest BCUT2D eigenvalue weighted by Crippen LogP contribution is 2.30. The van der Waals surface area contributed by atoms with E-state index in [9.17, 15) is 18.0 Å². The molecule has 10 heteroatoms. The lowest BCUT2D eigenvalue weighted by Gasteiger charge is -2.12. The van der Waals surface area contributed by atoms with Crippen molar-refractivity contribution in [2.75, 3.05) is 13.4 Å². The fourth-order valence-corrected chi connectivity index (χ4v) is 3.13. The summed E-state index contributed by atoms with van der Waals surface area (Å²) >= 11 is 1.30. The Kier molecular flexibility index (Phi) is 6.12. The maximum Gasteiger partial charge on any atom is 0.416 e. The third kappa shape index (κ3) is 4.70. The summed E-state index contributed by atoms with van der Waals surface area (Å²) in [6.45, 7) is 0.0550. The van der Waals surface area contributed by atoms with E-state index in [2.05, 4.69) is 15.5 Å². The summed E-state index contributed by atoms with van der Waals surface area (Å²) in [4.78, 5) is 12.4. The van der Waals surface area contributed by atoms with Crippen molar-refractivity contribution >= 4 is 17.7 Å². The zero-order valence-electron chi connectivity index (χ0n) is 15.5. The molecule has 0 radical (unpaired) electrons. The molecule has 0 atom stereocenters. The molecular formula is C19H17F3N4O2S. The monoisotopic (exact) mass is 422 g/mol. The number of amides is 1. The van der Waals surface area contributed by atoms with Crippen molar-refractivity contribution in [1.29, 1.82) is 0 Å². The van der Waals surface area contributed by atoms with E-state index >= 15 is 0 Å². The van der Waals surface area contributed by atoms with E-state index in [1.54, 1.807) is 35.1 Å². The molecule has 0 spiro atoms. The van der Waals surface area contributed by atoms with Crippen LogP contribution in [0.15, 0.2) is 53.7 Å². The average Bonchev–Trinajstić information content (AvgIpc) is 3.14. The SMILES string of the molecule is COc1ccc(C(=O)NCc2nnc(SC)n2-c2ccc(C(F)(F)F)cc2)cc1. The molecule has 1 N–H and O–H groups in total. The van der Waals surface area contributed by atoms with E-state index in [4.69, 9.17) is 4.74 Å². The smallest absolute Gasteiger partial charge is 0.416 e. The second-order valence-electron chi connectivity index (χ2n) is 5.89. The molecule has 2 aromatic carbocycles.